The van der Waals surface area contributed by atoms with Crippen molar-refractivity contribution in [2.24, 2.45) is 0 Å². The number of hydrogen-bond donors (Lipinski definition) is 1. The van der Waals surface area contributed by atoms with E-state index < -0.39 is 11.6 Å². The largest absolute Gasteiger partial charge is 0.493 e. The summed E-state index contributed by atoms with van der Waals surface area (Å²) in [5, 5.41) is 3.97. The van der Waals surface area contributed by atoms with Gasteiger partial charge in [-0.3, -0.25) is 4.98 Å². The second kappa shape index (κ2) is 10.2. The van der Waals surface area contributed by atoms with E-state index in [4.69, 9.17) is 18.9 Å². The monoisotopic (exact) mass is 466 g/mol. The van der Waals surface area contributed by atoms with Gasteiger partial charge in [0.1, 0.15) is 18.1 Å². The second-order valence-corrected chi connectivity index (χ2v) is 7.44. The molecule has 0 unspecified atom stereocenters. The van der Waals surface area contributed by atoms with Crippen molar-refractivity contribution in [2.75, 3.05) is 32.7 Å². The van der Waals surface area contributed by atoms with Gasteiger partial charge in [0, 0.05) is 29.9 Å². The second-order valence-electron chi connectivity index (χ2n) is 7.44. The zero-order valence-corrected chi connectivity index (χ0v) is 19.0. The number of halogens is 2. The molecule has 4 rings (SSSR count). The minimum absolute atomic E-state index is 0.101. The first-order valence-electron chi connectivity index (χ1n) is 10.6. The predicted octanol–water partition coefficient (Wildman–Crippen LogP) is 6.12. The van der Waals surface area contributed by atoms with Crippen LogP contribution in [0.3, 0.4) is 0 Å². The Hall–Kier alpha value is -4.07. The van der Waals surface area contributed by atoms with Crippen molar-refractivity contribution in [3.05, 3.63) is 78.0 Å². The summed E-state index contributed by atoms with van der Waals surface area (Å²) in [6.45, 7) is 2.40. The van der Waals surface area contributed by atoms with Crippen molar-refractivity contribution >= 4 is 16.6 Å². The molecular formula is C26H24F2N2O4. The molecule has 0 aliphatic rings. The highest BCUT2D eigenvalue weighted by atomic mass is 19.1. The molecule has 0 radical (unpaired) electrons. The highest BCUT2D eigenvalue weighted by Crippen LogP contribution is 2.37. The topological polar surface area (TPSA) is 61.8 Å². The maximum atomic E-state index is 13.6. The maximum absolute atomic E-state index is 13.6. The van der Waals surface area contributed by atoms with Crippen molar-refractivity contribution in [2.45, 2.75) is 6.92 Å². The normalized spacial score (nSPS) is 10.7. The van der Waals surface area contributed by atoms with Gasteiger partial charge in [0.2, 0.25) is 0 Å². The van der Waals surface area contributed by atoms with Gasteiger partial charge in [0.15, 0.2) is 28.9 Å². The van der Waals surface area contributed by atoms with Crippen LogP contribution in [-0.2, 0) is 0 Å². The molecule has 1 N–H and O–H groups in total. The van der Waals surface area contributed by atoms with Gasteiger partial charge in [-0.05, 0) is 55.0 Å². The Balaban J connectivity index is 1.44. The molecule has 0 spiro atoms. The molecule has 1 heterocycles. The van der Waals surface area contributed by atoms with Gasteiger partial charge in [-0.25, -0.2) is 8.78 Å². The molecular weight excluding hydrogens is 442 g/mol. The number of fused-ring (bicyclic) bond motifs is 1. The summed E-state index contributed by atoms with van der Waals surface area (Å²) < 4.78 is 49.5. The molecule has 0 aliphatic heterocycles. The van der Waals surface area contributed by atoms with Crippen LogP contribution in [0, 0.1) is 18.6 Å². The van der Waals surface area contributed by atoms with E-state index >= 15 is 0 Å². The molecule has 0 fully saturated rings. The average Bonchev–Trinajstić information content (AvgIpc) is 2.84. The lowest BCUT2D eigenvalue weighted by atomic mass is 10.1. The highest BCUT2D eigenvalue weighted by Gasteiger charge is 2.13. The zero-order valence-electron chi connectivity index (χ0n) is 19.0. The zero-order chi connectivity index (χ0) is 24.1. The van der Waals surface area contributed by atoms with E-state index in [-0.39, 0.29) is 12.4 Å². The standard InChI is InChI=1S/C26H24F2N2O4/c1-16-13-17(29-11-12-33-26-19(27)5-4-6-20(26)28)7-8-22(16)34-23-9-10-30-21-15-25(32-3)24(31-2)14-18(21)23/h4-10,13-15,29H,11-12H2,1-3H3. The Morgan fingerprint density at radius 1 is 0.853 bits per heavy atom. The van der Waals surface area contributed by atoms with Crippen LogP contribution in [0.5, 0.6) is 28.7 Å². The van der Waals surface area contributed by atoms with Crippen molar-refractivity contribution in [3.8, 4) is 28.7 Å². The molecule has 0 saturated carbocycles. The van der Waals surface area contributed by atoms with Crippen LogP contribution in [0.25, 0.3) is 10.9 Å². The molecule has 176 valence electrons. The Labute approximate surface area is 196 Å². The van der Waals surface area contributed by atoms with Crippen LogP contribution in [0.4, 0.5) is 14.5 Å². The van der Waals surface area contributed by atoms with Crippen LogP contribution in [-0.4, -0.2) is 32.4 Å². The van der Waals surface area contributed by atoms with Crippen molar-refractivity contribution < 1.29 is 27.7 Å². The Bertz CT molecular complexity index is 1290. The molecule has 34 heavy (non-hydrogen) atoms. The number of nitrogens with one attached hydrogen (secondary N) is 1. The van der Waals surface area contributed by atoms with E-state index in [0.717, 1.165) is 34.3 Å². The first-order valence-corrected chi connectivity index (χ1v) is 10.6. The van der Waals surface area contributed by atoms with Crippen molar-refractivity contribution in [1.82, 2.24) is 4.98 Å². The van der Waals surface area contributed by atoms with Crippen LogP contribution in [0.15, 0.2) is 60.8 Å². The number of aryl methyl sites for hydroxylation is 1. The average molecular weight is 466 g/mol. The molecule has 4 aromatic rings. The number of para-hydroxylation sites is 1. The predicted molar refractivity (Wildman–Crippen MR) is 126 cm³/mol. The summed E-state index contributed by atoms with van der Waals surface area (Å²) in [4.78, 5) is 4.39. The number of hydrogen-bond acceptors (Lipinski definition) is 6. The lowest BCUT2D eigenvalue weighted by molar-refractivity contribution is 0.297. The van der Waals surface area contributed by atoms with E-state index in [9.17, 15) is 8.78 Å². The molecule has 0 bridgehead atoms. The van der Waals surface area contributed by atoms with Crippen molar-refractivity contribution in [3.63, 3.8) is 0 Å². The van der Waals surface area contributed by atoms with E-state index in [0.29, 0.717) is 29.5 Å². The Morgan fingerprint density at radius 3 is 2.29 bits per heavy atom. The smallest absolute Gasteiger partial charge is 0.190 e. The summed E-state index contributed by atoms with van der Waals surface area (Å²) in [7, 11) is 3.15. The minimum Gasteiger partial charge on any atom is -0.493 e. The third-order valence-corrected chi connectivity index (χ3v) is 5.20. The number of nitrogens with zero attached hydrogens (tertiary/aromatic N) is 1. The summed E-state index contributed by atoms with van der Waals surface area (Å²) in [6, 6.07) is 14.7. The van der Waals surface area contributed by atoms with Gasteiger partial charge < -0.3 is 24.3 Å². The summed E-state index contributed by atoms with van der Waals surface area (Å²) in [5.41, 5.74) is 2.45. The summed E-state index contributed by atoms with van der Waals surface area (Å²) in [6.07, 6.45) is 1.67. The van der Waals surface area contributed by atoms with Crippen LogP contribution >= 0.6 is 0 Å². The van der Waals surface area contributed by atoms with Crippen LogP contribution < -0.4 is 24.3 Å². The highest BCUT2D eigenvalue weighted by molar-refractivity contribution is 5.88. The van der Waals surface area contributed by atoms with Gasteiger partial charge >= 0.3 is 0 Å². The fraction of sp³-hybridized carbons (Fsp3) is 0.192. The number of aromatic nitrogens is 1. The van der Waals surface area contributed by atoms with Crippen molar-refractivity contribution in [1.29, 1.82) is 0 Å². The molecule has 0 saturated heterocycles. The Morgan fingerprint density at radius 2 is 1.59 bits per heavy atom. The quantitative estimate of drug-likeness (QED) is 0.300. The molecule has 8 heteroatoms. The van der Waals surface area contributed by atoms with E-state index in [1.165, 1.54) is 6.07 Å². The lowest BCUT2D eigenvalue weighted by Crippen LogP contribution is -2.12. The first-order chi connectivity index (χ1) is 16.5. The minimum atomic E-state index is -0.725. The Kier molecular flexibility index (Phi) is 6.96. The molecule has 0 atom stereocenters. The lowest BCUT2D eigenvalue weighted by Gasteiger charge is -2.15. The van der Waals surface area contributed by atoms with E-state index in [1.807, 2.05) is 31.2 Å². The number of anilines is 1. The third kappa shape index (κ3) is 4.96. The third-order valence-electron chi connectivity index (χ3n) is 5.20. The molecule has 3 aromatic carbocycles. The van der Waals surface area contributed by atoms with E-state index in [1.54, 1.807) is 32.5 Å². The van der Waals surface area contributed by atoms with E-state index in [2.05, 4.69) is 10.3 Å². The number of benzene rings is 3. The fourth-order valence-corrected chi connectivity index (χ4v) is 3.50. The SMILES string of the molecule is COc1cc2nccc(Oc3ccc(NCCOc4c(F)cccc4F)cc3C)c2cc1OC. The van der Waals surface area contributed by atoms with Gasteiger partial charge in [-0.1, -0.05) is 6.07 Å². The molecule has 0 aliphatic carbocycles. The van der Waals surface area contributed by atoms with Crippen LogP contribution in [0.1, 0.15) is 5.56 Å². The summed E-state index contributed by atoms with van der Waals surface area (Å²) in [5.74, 6) is 0.666. The number of rotatable bonds is 9. The number of pyridine rings is 1. The molecule has 0 amide bonds. The number of ether oxygens (including phenoxy) is 4. The maximum Gasteiger partial charge on any atom is 0.190 e. The van der Waals surface area contributed by atoms with Gasteiger partial charge in [-0.15, -0.1) is 0 Å². The first kappa shape index (κ1) is 23.1. The fourth-order valence-electron chi connectivity index (χ4n) is 3.50. The van der Waals surface area contributed by atoms with Gasteiger partial charge in [0.25, 0.3) is 0 Å². The van der Waals surface area contributed by atoms with Crippen LogP contribution in [0.2, 0.25) is 0 Å². The summed E-state index contributed by atoms with van der Waals surface area (Å²) >= 11 is 0. The molecule has 1 aromatic heterocycles. The molecule has 6 nitrogen and oxygen atoms in total. The van der Waals surface area contributed by atoms with Gasteiger partial charge in [0.05, 0.1) is 19.7 Å². The van der Waals surface area contributed by atoms with Gasteiger partial charge in [-0.2, -0.15) is 0 Å². The number of methoxy groups -OCH3 is 2.